The zero-order valence-corrected chi connectivity index (χ0v) is 10.6. The monoisotopic (exact) mass is 262 g/mol. The molecule has 2 saturated heterocycles. The van der Waals surface area contributed by atoms with Gasteiger partial charge in [-0.05, 0) is 25.3 Å². The Morgan fingerprint density at radius 2 is 2.28 bits per heavy atom. The van der Waals surface area contributed by atoms with Crippen LogP contribution in [0.2, 0.25) is 0 Å². The number of esters is 1. The van der Waals surface area contributed by atoms with Gasteiger partial charge in [-0.1, -0.05) is 6.92 Å². The Kier molecular flexibility index (Phi) is 3.87. The van der Waals surface area contributed by atoms with Crippen molar-refractivity contribution in [2.75, 3.05) is 19.6 Å². The van der Waals surface area contributed by atoms with E-state index in [1.807, 2.05) is 0 Å². The second-order valence-corrected chi connectivity index (χ2v) is 5.45. The van der Waals surface area contributed by atoms with Crippen molar-refractivity contribution in [1.29, 1.82) is 0 Å². The fourth-order valence-electron chi connectivity index (χ4n) is 2.80. The van der Waals surface area contributed by atoms with Gasteiger partial charge in [0, 0.05) is 19.1 Å². The van der Waals surface area contributed by atoms with Crippen molar-refractivity contribution in [3.63, 3.8) is 0 Å². The summed E-state index contributed by atoms with van der Waals surface area (Å²) in [7, 11) is 0. The minimum absolute atomic E-state index is 0.210. The maximum Gasteiger partial charge on any atom is 0.377 e. The van der Waals surface area contributed by atoms with E-state index in [9.17, 15) is 13.6 Å². The number of halogens is 2. The van der Waals surface area contributed by atoms with Crippen LogP contribution in [-0.2, 0) is 9.53 Å². The minimum atomic E-state index is -3.31. The van der Waals surface area contributed by atoms with Crippen molar-refractivity contribution in [2.24, 2.45) is 11.7 Å². The van der Waals surface area contributed by atoms with E-state index in [-0.39, 0.29) is 6.04 Å². The van der Waals surface area contributed by atoms with E-state index in [1.165, 1.54) is 0 Å². The predicted molar refractivity (Wildman–Crippen MR) is 62.3 cm³/mol. The van der Waals surface area contributed by atoms with Crippen molar-refractivity contribution in [1.82, 2.24) is 4.90 Å². The van der Waals surface area contributed by atoms with E-state index < -0.39 is 24.4 Å². The van der Waals surface area contributed by atoms with Crippen LogP contribution < -0.4 is 5.73 Å². The van der Waals surface area contributed by atoms with Gasteiger partial charge in [0.05, 0.1) is 6.42 Å². The smallest absolute Gasteiger partial charge is 0.377 e. The summed E-state index contributed by atoms with van der Waals surface area (Å²) in [4.78, 5) is 13.0. The number of likely N-dealkylation sites (tertiary alicyclic amines) is 1. The van der Waals surface area contributed by atoms with Crippen LogP contribution in [0.5, 0.6) is 0 Å². The van der Waals surface area contributed by atoms with Crippen LogP contribution in [0.1, 0.15) is 26.2 Å². The Hall–Kier alpha value is -0.750. The summed E-state index contributed by atoms with van der Waals surface area (Å²) in [5.41, 5.74) is 5.71. The fraction of sp³-hybridized carbons (Fsp3) is 0.917. The summed E-state index contributed by atoms with van der Waals surface area (Å²) in [6, 6.07) is 0.210. The molecule has 18 heavy (non-hydrogen) atoms. The van der Waals surface area contributed by atoms with Gasteiger partial charge in [0.2, 0.25) is 0 Å². The number of cyclic esters (lactones) is 1. The molecule has 0 aromatic heterocycles. The molecular weight excluding hydrogens is 242 g/mol. The van der Waals surface area contributed by atoms with Gasteiger partial charge >= 0.3 is 11.9 Å². The second kappa shape index (κ2) is 5.09. The third-order valence-corrected chi connectivity index (χ3v) is 3.87. The van der Waals surface area contributed by atoms with E-state index in [1.54, 1.807) is 0 Å². The first-order valence-corrected chi connectivity index (χ1v) is 6.45. The topological polar surface area (TPSA) is 55.6 Å². The van der Waals surface area contributed by atoms with Crippen LogP contribution in [0.25, 0.3) is 0 Å². The standard InChI is InChI=1S/C12H20F2N2O2/c1-8-2-3-16(9(4-8)6-15)7-10-5-12(13,14)11(17)18-10/h8-10H,2-7,15H2,1H3. The van der Waals surface area contributed by atoms with E-state index in [4.69, 9.17) is 10.5 Å². The predicted octanol–water partition coefficient (Wildman–Crippen LogP) is 0.996. The molecular formula is C12H20F2N2O2. The van der Waals surface area contributed by atoms with E-state index in [0.29, 0.717) is 19.0 Å². The lowest BCUT2D eigenvalue weighted by molar-refractivity contribution is -0.159. The number of alkyl halides is 2. The molecule has 0 aliphatic carbocycles. The zero-order valence-electron chi connectivity index (χ0n) is 10.6. The summed E-state index contributed by atoms with van der Waals surface area (Å²) >= 11 is 0. The van der Waals surface area contributed by atoms with Crippen LogP contribution >= 0.6 is 0 Å². The summed E-state index contributed by atoms with van der Waals surface area (Å²) < 4.78 is 30.9. The first-order valence-electron chi connectivity index (χ1n) is 6.45. The highest BCUT2D eigenvalue weighted by molar-refractivity contribution is 5.79. The van der Waals surface area contributed by atoms with E-state index >= 15 is 0 Å². The van der Waals surface area contributed by atoms with Crippen LogP contribution in [0, 0.1) is 5.92 Å². The number of hydrogen-bond acceptors (Lipinski definition) is 4. The number of ether oxygens (including phenoxy) is 1. The third-order valence-electron chi connectivity index (χ3n) is 3.87. The van der Waals surface area contributed by atoms with Crippen LogP contribution in [0.15, 0.2) is 0 Å². The molecule has 2 aliphatic rings. The largest absolute Gasteiger partial charge is 0.456 e. The van der Waals surface area contributed by atoms with Gasteiger partial charge in [0.15, 0.2) is 0 Å². The maximum absolute atomic E-state index is 13.1. The SMILES string of the molecule is CC1CCN(CC2CC(F)(F)C(=O)O2)C(CN)C1. The summed E-state index contributed by atoms with van der Waals surface area (Å²) in [5.74, 6) is -4.09. The van der Waals surface area contributed by atoms with Crippen LogP contribution in [-0.4, -0.2) is 48.6 Å². The van der Waals surface area contributed by atoms with Gasteiger partial charge in [-0.25, -0.2) is 4.79 Å². The van der Waals surface area contributed by atoms with Crippen molar-refractivity contribution >= 4 is 5.97 Å². The normalized spacial score (nSPS) is 36.7. The molecule has 0 aromatic carbocycles. The lowest BCUT2D eigenvalue weighted by Crippen LogP contribution is -2.49. The van der Waals surface area contributed by atoms with Gasteiger partial charge in [-0.2, -0.15) is 8.78 Å². The number of piperidine rings is 1. The highest BCUT2D eigenvalue weighted by atomic mass is 19.3. The van der Waals surface area contributed by atoms with Crippen molar-refractivity contribution < 1.29 is 18.3 Å². The second-order valence-electron chi connectivity index (χ2n) is 5.45. The van der Waals surface area contributed by atoms with Gasteiger partial charge < -0.3 is 10.5 Å². The maximum atomic E-state index is 13.1. The zero-order chi connectivity index (χ0) is 13.3. The van der Waals surface area contributed by atoms with Crippen LogP contribution in [0.3, 0.4) is 0 Å². The van der Waals surface area contributed by atoms with Crippen molar-refractivity contribution in [3.05, 3.63) is 0 Å². The molecule has 0 saturated carbocycles. The molecule has 0 aromatic rings. The summed E-state index contributed by atoms with van der Waals surface area (Å²) in [6.45, 7) is 3.89. The average Bonchev–Trinajstić information content (AvgIpc) is 2.55. The molecule has 104 valence electrons. The van der Waals surface area contributed by atoms with Gasteiger partial charge in [0.25, 0.3) is 0 Å². The molecule has 3 atom stereocenters. The Morgan fingerprint density at radius 1 is 1.56 bits per heavy atom. The third kappa shape index (κ3) is 2.80. The molecule has 2 aliphatic heterocycles. The minimum Gasteiger partial charge on any atom is -0.456 e. The first-order chi connectivity index (χ1) is 8.42. The molecule has 4 nitrogen and oxygen atoms in total. The number of nitrogens with zero attached hydrogens (tertiary/aromatic N) is 1. The highest BCUT2D eigenvalue weighted by Gasteiger charge is 2.51. The molecule has 6 heteroatoms. The van der Waals surface area contributed by atoms with Gasteiger partial charge in [-0.3, -0.25) is 4.90 Å². The summed E-state index contributed by atoms with van der Waals surface area (Å²) in [5, 5.41) is 0. The lowest BCUT2D eigenvalue weighted by atomic mass is 9.92. The summed E-state index contributed by atoms with van der Waals surface area (Å²) in [6.07, 6.45) is 0.811. The fourth-order valence-corrected chi connectivity index (χ4v) is 2.80. The molecule has 2 N–H and O–H groups in total. The molecule has 2 rings (SSSR count). The van der Waals surface area contributed by atoms with Crippen molar-refractivity contribution in [3.8, 4) is 0 Å². The Morgan fingerprint density at radius 3 is 2.83 bits per heavy atom. The van der Waals surface area contributed by atoms with Crippen LogP contribution in [0.4, 0.5) is 8.78 Å². The molecule has 3 unspecified atom stereocenters. The van der Waals surface area contributed by atoms with Gasteiger partial charge in [-0.15, -0.1) is 0 Å². The van der Waals surface area contributed by atoms with E-state index in [2.05, 4.69) is 11.8 Å². The Labute approximate surface area is 105 Å². The Bertz CT molecular complexity index is 325. The molecule has 0 bridgehead atoms. The highest BCUT2D eigenvalue weighted by Crippen LogP contribution is 2.32. The van der Waals surface area contributed by atoms with E-state index in [0.717, 1.165) is 19.4 Å². The molecule has 2 heterocycles. The molecule has 0 radical (unpaired) electrons. The number of carbonyl (C=O) groups is 1. The number of rotatable bonds is 3. The Balaban J connectivity index is 1.91. The number of carbonyl (C=O) groups excluding carboxylic acids is 1. The number of hydrogen-bond donors (Lipinski definition) is 1. The molecule has 2 fully saturated rings. The lowest BCUT2D eigenvalue weighted by Gasteiger charge is -2.38. The first kappa shape index (κ1) is 13.7. The molecule has 0 amide bonds. The quantitative estimate of drug-likeness (QED) is 0.771. The van der Waals surface area contributed by atoms with Crippen molar-refractivity contribution in [2.45, 2.75) is 44.3 Å². The van der Waals surface area contributed by atoms with Gasteiger partial charge in [0.1, 0.15) is 6.10 Å². The average molecular weight is 262 g/mol. The molecule has 0 spiro atoms. The number of nitrogens with two attached hydrogens (primary N) is 1.